The first-order valence-electron chi connectivity index (χ1n) is 22.1. The van der Waals surface area contributed by atoms with Crippen molar-refractivity contribution in [3.63, 3.8) is 0 Å². The summed E-state index contributed by atoms with van der Waals surface area (Å²) < 4.78 is 113. The topological polar surface area (TPSA) is 164 Å². The van der Waals surface area contributed by atoms with Crippen LogP contribution in [0.25, 0.3) is 0 Å². The minimum atomic E-state index is -8.54. The maximum absolute atomic E-state index is 16.0. The molecule has 0 heterocycles. The zero-order valence-corrected chi connectivity index (χ0v) is 40.9. The second-order valence-corrected chi connectivity index (χ2v) is 39.2. The molecule has 0 aromatic heterocycles. The molecule has 59 heavy (non-hydrogen) atoms. The summed E-state index contributed by atoms with van der Waals surface area (Å²) in [6.07, 6.45) is 22.4. The molecule has 0 fully saturated rings. The number of hydrogen-bond acceptors (Lipinski definition) is 10. The summed E-state index contributed by atoms with van der Waals surface area (Å²) in [5.74, 6) is 0. The zero-order chi connectivity index (χ0) is 43.4. The Morgan fingerprint density at radius 3 is 1.15 bits per heavy atom. The number of anilines is 1. The Morgan fingerprint density at radius 2 is 0.814 bits per heavy atom. The Hall–Kier alpha value is -2.09. The molecule has 0 spiro atoms. The van der Waals surface area contributed by atoms with Crippen LogP contribution in [-0.4, -0.2) is 25.3 Å². The van der Waals surface area contributed by atoms with Gasteiger partial charge in [-0.25, -0.2) is 0 Å². The average molecular weight is 957 g/mol. The van der Waals surface area contributed by atoms with Crippen molar-refractivity contribution < 1.29 is 50.8 Å². The molecule has 0 amide bonds. The van der Waals surface area contributed by atoms with Gasteiger partial charge in [-0.2, -0.15) is 0 Å². The van der Waals surface area contributed by atoms with Crippen molar-refractivity contribution in [1.29, 1.82) is 0 Å². The van der Waals surface area contributed by atoms with Gasteiger partial charge in [0.1, 0.15) is 0 Å². The molecule has 0 saturated heterocycles. The van der Waals surface area contributed by atoms with E-state index in [1.54, 1.807) is 24.3 Å². The normalized spacial score (nSPS) is 13.0. The summed E-state index contributed by atoms with van der Waals surface area (Å²) in [5, 5.41) is 0. The van der Waals surface area contributed by atoms with E-state index < -0.39 is 53.6 Å². The third kappa shape index (κ3) is 14.5. The van der Waals surface area contributed by atoms with Crippen molar-refractivity contribution in [2.75, 3.05) is 5.73 Å². The number of nitrogens with two attached hydrogens (primary N) is 1. The van der Waals surface area contributed by atoms with Crippen LogP contribution in [0.5, 0.6) is 0 Å². The van der Waals surface area contributed by atoms with Gasteiger partial charge < -0.3 is 0 Å². The van der Waals surface area contributed by atoms with E-state index in [2.05, 4.69) is 13.8 Å². The van der Waals surface area contributed by atoms with Crippen molar-refractivity contribution >= 4 is 32.5 Å². The summed E-state index contributed by atoms with van der Waals surface area (Å²) in [7, 11) is -10.4. The third-order valence-electron chi connectivity index (χ3n) is 11.2. The predicted molar refractivity (Wildman–Crippen MR) is 234 cm³/mol. The van der Waals surface area contributed by atoms with Crippen LogP contribution >= 0.6 is 0 Å². The fraction of sp³-hybridized carbons (Fsp3) is 0.600. The minimum absolute atomic E-state index is 0.179. The first kappa shape index (κ1) is 51.3. The van der Waals surface area contributed by atoms with Gasteiger partial charge in [0.2, 0.25) is 0 Å². The van der Waals surface area contributed by atoms with E-state index in [1.807, 2.05) is 0 Å². The van der Waals surface area contributed by atoms with Crippen LogP contribution in [0.15, 0.2) is 87.5 Å². The SMILES string of the molecule is CCCCCCCCCCCCc1ccccc1S(=O)(=O)[O][Zr](=[O])([O]S(=O)(=O)c1ccccc1CCCCCCCCCCCC)([CH](C)C)[S](=O)(=O)c1ccc(N)cc1. The molecule has 0 aliphatic rings. The van der Waals surface area contributed by atoms with Crippen LogP contribution in [0.3, 0.4) is 0 Å². The molecule has 14 heteroatoms. The van der Waals surface area contributed by atoms with Gasteiger partial charge in [0.05, 0.1) is 0 Å². The molecule has 2 N–H and O–H groups in total. The quantitative estimate of drug-likeness (QED) is 0.0485. The Bertz CT molecular complexity index is 2020. The van der Waals surface area contributed by atoms with Gasteiger partial charge in [-0.3, -0.25) is 0 Å². The van der Waals surface area contributed by atoms with Gasteiger partial charge in [0.15, 0.2) is 0 Å². The van der Waals surface area contributed by atoms with Crippen LogP contribution in [0.1, 0.15) is 167 Å². The van der Waals surface area contributed by atoms with Gasteiger partial charge in [0, 0.05) is 0 Å². The van der Waals surface area contributed by atoms with E-state index in [4.69, 9.17) is 10.3 Å². The van der Waals surface area contributed by atoms with E-state index in [1.165, 1.54) is 101 Å². The van der Waals surface area contributed by atoms with Gasteiger partial charge in [-0.15, -0.1) is 0 Å². The van der Waals surface area contributed by atoms with Crippen molar-refractivity contribution in [1.82, 2.24) is 0 Å². The summed E-state index contributed by atoms with van der Waals surface area (Å²) in [6, 6.07) is 16.5. The number of hydrogen-bond donors (Lipinski definition) is 1. The zero-order valence-electron chi connectivity index (χ0n) is 36.0. The van der Waals surface area contributed by atoms with Crippen LogP contribution in [-0.2, 0) is 65.2 Å². The molecule has 3 aromatic rings. The summed E-state index contributed by atoms with van der Waals surface area (Å²) >= 11 is -8.54. The molecular weight excluding hydrogens is 886 g/mol. The molecule has 3 rings (SSSR count). The van der Waals surface area contributed by atoms with E-state index in [0.29, 0.717) is 36.8 Å². The van der Waals surface area contributed by atoms with Crippen molar-refractivity contribution in [2.24, 2.45) is 0 Å². The summed E-state index contributed by atoms with van der Waals surface area (Å²) in [5.41, 5.74) is 6.70. The van der Waals surface area contributed by atoms with Crippen LogP contribution in [0.2, 0.25) is 3.63 Å². The van der Waals surface area contributed by atoms with E-state index in [-0.39, 0.29) is 15.5 Å². The number of nitrogen functional groups attached to an aromatic ring is 1. The van der Waals surface area contributed by atoms with Crippen molar-refractivity contribution in [2.45, 2.75) is 187 Å². The Labute approximate surface area is 357 Å². The number of unbranched alkanes of at least 4 members (excludes halogenated alkanes) is 18. The van der Waals surface area contributed by atoms with Gasteiger partial charge in [-0.05, 0) is 0 Å². The van der Waals surface area contributed by atoms with Gasteiger partial charge in [0.25, 0.3) is 0 Å². The average Bonchev–Trinajstić information content (AvgIpc) is 3.19. The first-order chi connectivity index (χ1) is 28.0. The Balaban J connectivity index is 1.94. The molecule has 10 nitrogen and oxygen atoms in total. The van der Waals surface area contributed by atoms with Crippen LogP contribution < -0.4 is 5.73 Å². The number of rotatable bonds is 31. The van der Waals surface area contributed by atoms with E-state index >= 15 is 2.81 Å². The molecule has 0 saturated carbocycles. The molecule has 0 aliphatic carbocycles. The molecule has 0 aliphatic heterocycles. The molecule has 0 atom stereocenters. The second kappa shape index (κ2) is 24.5. The predicted octanol–water partition coefficient (Wildman–Crippen LogP) is 12.4. The fourth-order valence-electron chi connectivity index (χ4n) is 7.47. The molecule has 0 bridgehead atoms. The monoisotopic (exact) mass is 955 g/mol. The van der Waals surface area contributed by atoms with Crippen LogP contribution in [0, 0.1) is 0 Å². The van der Waals surface area contributed by atoms with Crippen molar-refractivity contribution in [3.8, 4) is 0 Å². The van der Waals surface area contributed by atoms with E-state index in [0.717, 1.165) is 77.3 Å². The second-order valence-electron chi connectivity index (χ2n) is 16.4. The van der Waals surface area contributed by atoms with Crippen molar-refractivity contribution in [3.05, 3.63) is 83.9 Å². The summed E-state index contributed by atoms with van der Waals surface area (Å²) in [4.78, 5) is -1.41. The molecule has 0 unspecified atom stereocenters. The van der Waals surface area contributed by atoms with E-state index in [9.17, 15) is 25.3 Å². The molecule has 0 radical (unpaired) electrons. The molecule has 3 aromatic carbocycles. The standard InChI is InChI=1S/2C18H30O3S.C6H6NO2S.C3H7.O.Zr/c2*1-2-3-4-5-6-7-8-9-10-11-14-17-15-12-13-16-18(17)22(19,20)21;7-5-1-3-6(4-2-5)10(8)9;1-3-2;;/h2*12-13,15-16H,2-11,14H2,1H3,(H,19,20,21);1-4H,7H2;3H,1-2H3;;/q;;;;;+2/p-2. The maximum atomic E-state index is 16.0. The number of benzene rings is 3. The molecule has 332 valence electrons. The number of aryl methyl sites for hydroxylation is 2. The van der Waals surface area contributed by atoms with Gasteiger partial charge >= 0.3 is 308 Å². The Kier molecular flexibility index (Phi) is 21.3. The Morgan fingerprint density at radius 1 is 0.492 bits per heavy atom. The summed E-state index contributed by atoms with van der Waals surface area (Å²) in [6.45, 7) is 1.24. The van der Waals surface area contributed by atoms with Crippen LogP contribution in [0.4, 0.5) is 5.69 Å². The first-order valence-corrected chi connectivity index (χ1v) is 33.8. The fourth-order valence-corrected chi connectivity index (χ4v) is 39.1. The van der Waals surface area contributed by atoms with Gasteiger partial charge in [-0.1, -0.05) is 52.4 Å². The molecular formula is C45H71NO9S3Zr. The third-order valence-corrected chi connectivity index (χ3v) is 42.4.